The van der Waals surface area contributed by atoms with Gasteiger partial charge in [0.1, 0.15) is 11.4 Å². The van der Waals surface area contributed by atoms with Gasteiger partial charge in [-0.05, 0) is 18.9 Å². The molecule has 1 aliphatic rings. The molecule has 22 heavy (non-hydrogen) atoms. The molecule has 0 fully saturated rings. The monoisotopic (exact) mass is 319 g/mol. The molecule has 0 atom stereocenters. The molecule has 2 amide bonds. The van der Waals surface area contributed by atoms with E-state index in [0.29, 0.717) is 28.7 Å². The first-order valence-electron chi connectivity index (χ1n) is 6.73. The van der Waals surface area contributed by atoms with Crippen molar-refractivity contribution in [1.82, 2.24) is 20.1 Å². The van der Waals surface area contributed by atoms with Crippen LogP contribution < -0.4 is 16.2 Å². The van der Waals surface area contributed by atoms with Gasteiger partial charge in [0.2, 0.25) is 5.91 Å². The third-order valence-corrected chi connectivity index (χ3v) is 4.12. The molecule has 0 bridgehead atoms. The molecular weight excluding hydrogens is 306 g/mol. The van der Waals surface area contributed by atoms with E-state index < -0.39 is 5.91 Å². The van der Waals surface area contributed by atoms with Crippen molar-refractivity contribution in [3.05, 3.63) is 39.3 Å². The van der Waals surface area contributed by atoms with Crippen molar-refractivity contribution in [2.24, 2.45) is 0 Å². The molecule has 0 saturated heterocycles. The van der Waals surface area contributed by atoms with Crippen LogP contribution in [0, 0.1) is 0 Å². The first-order valence-corrected chi connectivity index (χ1v) is 7.55. The SMILES string of the molecule is O=C(Cn1ncccc1=O)Nc1nc2c(s1)C(=O)NCCC2. The molecule has 0 spiro atoms. The van der Waals surface area contributed by atoms with Crippen LogP contribution in [0.25, 0.3) is 0 Å². The highest BCUT2D eigenvalue weighted by molar-refractivity contribution is 7.17. The second-order valence-corrected chi connectivity index (χ2v) is 5.72. The maximum absolute atomic E-state index is 12.0. The highest BCUT2D eigenvalue weighted by Crippen LogP contribution is 2.25. The second-order valence-electron chi connectivity index (χ2n) is 4.72. The van der Waals surface area contributed by atoms with Crippen LogP contribution in [0.15, 0.2) is 23.1 Å². The van der Waals surface area contributed by atoms with E-state index in [-0.39, 0.29) is 18.0 Å². The summed E-state index contributed by atoms with van der Waals surface area (Å²) in [6.45, 7) is 0.433. The Morgan fingerprint density at radius 1 is 1.45 bits per heavy atom. The molecule has 0 aliphatic carbocycles. The van der Waals surface area contributed by atoms with Crippen LogP contribution in [0.2, 0.25) is 0 Å². The summed E-state index contributed by atoms with van der Waals surface area (Å²) in [6, 6.07) is 2.84. The fourth-order valence-corrected chi connectivity index (χ4v) is 3.04. The van der Waals surface area contributed by atoms with Gasteiger partial charge in [0, 0.05) is 18.8 Å². The van der Waals surface area contributed by atoms with Gasteiger partial charge in [-0.2, -0.15) is 5.10 Å². The van der Waals surface area contributed by atoms with Crippen molar-refractivity contribution in [3.63, 3.8) is 0 Å². The lowest BCUT2D eigenvalue weighted by molar-refractivity contribution is -0.117. The highest BCUT2D eigenvalue weighted by Gasteiger charge is 2.21. The number of aryl methyl sites for hydroxylation is 1. The van der Waals surface area contributed by atoms with Gasteiger partial charge in [0.15, 0.2) is 5.13 Å². The second kappa shape index (κ2) is 6.06. The van der Waals surface area contributed by atoms with Gasteiger partial charge in [-0.25, -0.2) is 9.67 Å². The Hall–Kier alpha value is -2.55. The summed E-state index contributed by atoms with van der Waals surface area (Å²) >= 11 is 1.14. The van der Waals surface area contributed by atoms with Crippen molar-refractivity contribution in [1.29, 1.82) is 0 Å². The predicted molar refractivity (Wildman–Crippen MR) is 79.9 cm³/mol. The molecule has 114 valence electrons. The molecular formula is C13H13N5O3S. The number of anilines is 1. The zero-order chi connectivity index (χ0) is 15.5. The number of carbonyl (C=O) groups excluding carboxylic acids is 2. The molecule has 1 aliphatic heterocycles. The molecule has 0 saturated carbocycles. The van der Waals surface area contributed by atoms with Gasteiger partial charge in [-0.1, -0.05) is 11.3 Å². The lowest BCUT2D eigenvalue weighted by atomic mass is 10.2. The van der Waals surface area contributed by atoms with E-state index in [1.54, 1.807) is 0 Å². The van der Waals surface area contributed by atoms with Gasteiger partial charge < -0.3 is 10.6 Å². The van der Waals surface area contributed by atoms with Gasteiger partial charge in [0.05, 0.1) is 5.69 Å². The molecule has 2 N–H and O–H groups in total. The summed E-state index contributed by atoms with van der Waals surface area (Å²) in [5, 5.41) is 9.55. The molecule has 2 aromatic rings. The maximum atomic E-state index is 12.0. The maximum Gasteiger partial charge on any atom is 0.267 e. The average Bonchev–Trinajstić information content (AvgIpc) is 2.81. The fourth-order valence-electron chi connectivity index (χ4n) is 2.09. The first-order chi connectivity index (χ1) is 10.6. The Balaban J connectivity index is 1.72. The van der Waals surface area contributed by atoms with Crippen molar-refractivity contribution < 1.29 is 9.59 Å². The van der Waals surface area contributed by atoms with E-state index in [1.807, 2.05) is 0 Å². The zero-order valence-corrected chi connectivity index (χ0v) is 12.4. The number of nitrogens with zero attached hydrogens (tertiary/aromatic N) is 3. The zero-order valence-electron chi connectivity index (χ0n) is 11.5. The van der Waals surface area contributed by atoms with Crippen LogP contribution in [-0.2, 0) is 17.8 Å². The van der Waals surface area contributed by atoms with Gasteiger partial charge >= 0.3 is 0 Å². The summed E-state index contributed by atoms with van der Waals surface area (Å²) in [7, 11) is 0. The molecule has 9 heteroatoms. The van der Waals surface area contributed by atoms with Crippen molar-refractivity contribution in [3.8, 4) is 0 Å². The normalized spacial score (nSPS) is 13.9. The number of rotatable bonds is 3. The van der Waals surface area contributed by atoms with E-state index in [2.05, 4.69) is 20.7 Å². The number of amides is 2. The summed E-state index contributed by atoms with van der Waals surface area (Å²) in [5.74, 6) is -0.573. The first kappa shape index (κ1) is 14.4. The van der Waals surface area contributed by atoms with E-state index >= 15 is 0 Å². The molecule has 0 unspecified atom stereocenters. The van der Waals surface area contributed by atoms with Crippen LogP contribution in [0.3, 0.4) is 0 Å². The highest BCUT2D eigenvalue weighted by atomic mass is 32.1. The molecule has 0 aromatic carbocycles. The van der Waals surface area contributed by atoms with Crippen LogP contribution >= 0.6 is 11.3 Å². The number of fused-ring (bicyclic) bond motifs is 1. The molecule has 3 heterocycles. The molecule has 0 radical (unpaired) electrons. The Morgan fingerprint density at radius 2 is 2.32 bits per heavy atom. The minimum absolute atomic E-state index is 0.161. The third kappa shape index (κ3) is 3.03. The Bertz CT molecular complexity index is 782. The lowest BCUT2D eigenvalue weighted by Crippen LogP contribution is -2.28. The summed E-state index contributed by atoms with van der Waals surface area (Å²) in [4.78, 5) is 40.1. The summed E-state index contributed by atoms with van der Waals surface area (Å²) in [5.41, 5.74) is 0.345. The Morgan fingerprint density at radius 3 is 3.14 bits per heavy atom. The number of hydrogen-bond acceptors (Lipinski definition) is 6. The Kier molecular flexibility index (Phi) is 3.96. The summed E-state index contributed by atoms with van der Waals surface area (Å²) in [6.07, 6.45) is 2.95. The van der Waals surface area contributed by atoms with E-state index in [0.717, 1.165) is 22.4 Å². The third-order valence-electron chi connectivity index (χ3n) is 3.10. The number of thiazole rings is 1. The standard InChI is InChI=1S/C13H13N5O3S/c19-9(7-18-10(20)4-2-6-15-18)17-13-16-8-3-1-5-14-12(21)11(8)22-13/h2,4,6H,1,3,5,7H2,(H,14,21)(H,16,17,19). The van der Waals surface area contributed by atoms with E-state index in [1.165, 1.54) is 18.3 Å². The number of hydrogen-bond donors (Lipinski definition) is 2. The molecule has 8 nitrogen and oxygen atoms in total. The largest absolute Gasteiger partial charge is 0.351 e. The number of nitrogens with one attached hydrogen (secondary N) is 2. The van der Waals surface area contributed by atoms with Crippen LogP contribution in [0.5, 0.6) is 0 Å². The fraction of sp³-hybridized carbons (Fsp3) is 0.308. The average molecular weight is 319 g/mol. The minimum atomic E-state index is -0.412. The van der Waals surface area contributed by atoms with Crippen LogP contribution in [-0.4, -0.2) is 33.1 Å². The molecule has 3 rings (SSSR count). The smallest absolute Gasteiger partial charge is 0.267 e. The summed E-state index contributed by atoms with van der Waals surface area (Å²) < 4.78 is 1.06. The van der Waals surface area contributed by atoms with Crippen LogP contribution in [0.1, 0.15) is 21.8 Å². The van der Waals surface area contributed by atoms with Gasteiger partial charge in [-0.15, -0.1) is 0 Å². The number of carbonyl (C=O) groups is 2. The number of aromatic nitrogens is 3. The lowest BCUT2D eigenvalue weighted by Gasteiger charge is -2.03. The quantitative estimate of drug-likeness (QED) is 0.829. The minimum Gasteiger partial charge on any atom is -0.351 e. The predicted octanol–water partition coefficient (Wildman–Crippen LogP) is 0.0145. The van der Waals surface area contributed by atoms with Crippen LogP contribution in [0.4, 0.5) is 5.13 Å². The van der Waals surface area contributed by atoms with E-state index in [9.17, 15) is 14.4 Å². The van der Waals surface area contributed by atoms with Gasteiger partial charge in [0.25, 0.3) is 11.5 Å². The topological polar surface area (TPSA) is 106 Å². The molecule has 2 aromatic heterocycles. The van der Waals surface area contributed by atoms with Gasteiger partial charge in [-0.3, -0.25) is 14.4 Å². The van der Waals surface area contributed by atoms with Crippen molar-refractivity contribution in [2.45, 2.75) is 19.4 Å². The van der Waals surface area contributed by atoms with E-state index in [4.69, 9.17) is 0 Å². The van der Waals surface area contributed by atoms with Crippen molar-refractivity contribution >= 4 is 28.3 Å². The Labute approximate surface area is 129 Å². The van der Waals surface area contributed by atoms with Crippen molar-refractivity contribution in [2.75, 3.05) is 11.9 Å².